The van der Waals surface area contributed by atoms with Crippen LogP contribution in [-0.2, 0) is 0 Å². The fourth-order valence-corrected chi connectivity index (χ4v) is 2.42. The van der Waals surface area contributed by atoms with E-state index in [1.807, 2.05) is 30.3 Å². The highest BCUT2D eigenvalue weighted by molar-refractivity contribution is 6.39. The van der Waals surface area contributed by atoms with E-state index >= 15 is 0 Å². The van der Waals surface area contributed by atoms with E-state index in [2.05, 4.69) is 15.0 Å². The van der Waals surface area contributed by atoms with E-state index in [9.17, 15) is 0 Å². The minimum absolute atomic E-state index is 0.0497. The summed E-state index contributed by atoms with van der Waals surface area (Å²) in [5.74, 6) is 0. The van der Waals surface area contributed by atoms with Gasteiger partial charge in [0.25, 0.3) is 0 Å². The van der Waals surface area contributed by atoms with Gasteiger partial charge < -0.3 is 0 Å². The van der Waals surface area contributed by atoms with Crippen LogP contribution >= 0.6 is 34.8 Å². The van der Waals surface area contributed by atoms with Crippen molar-refractivity contribution in [1.29, 1.82) is 0 Å². The average molecular weight is 311 g/mol. The number of rotatable bonds is 1. The molecule has 3 rings (SSSR count). The molecule has 0 bridgehead atoms. The number of hydrogen-bond donors (Lipinski definition) is 0. The molecule has 2 aromatic heterocycles. The molecule has 6 heteroatoms. The van der Waals surface area contributed by atoms with Crippen LogP contribution in [0.2, 0.25) is 15.5 Å². The summed E-state index contributed by atoms with van der Waals surface area (Å²) in [6.07, 6.45) is 0. The van der Waals surface area contributed by atoms with Crippen LogP contribution in [0.15, 0.2) is 36.4 Å². The predicted molar refractivity (Wildman–Crippen MR) is 77.8 cm³/mol. The number of hydrogen-bond acceptors (Lipinski definition) is 3. The molecule has 0 radical (unpaired) electrons. The molecular weight excluding hydrogens is 305 g/mol. The van der Waals surface area contributed by atoms with Crippen LogP contribution < -0.4 is 0 Å². The van der Waals surface area contributed by atoms with Crippen molar-refractivity contribution in [3.63, 3.8) is 0 Å². The molecule has 3 nitrogen and oxygen atoms in total. The van der Waals surface area contributed by atoms with Gasteiger partial charge in [0.2, 0.25) is 5.28 Å². The highest BCUT2D eigenvalue weighted by atomic mass is 35.5. The predicted octanol–water partition coefficient (Wildman–Crippen LogP) is 4.65. The average Bonchev–Trinajstić information content (AvgIpc) is 2.41. The Morgan fingerprint density at radius 2 is 1.53 bits per heavy atom. The Hall–Kier alpha value is -1.42. The SMILES string of the molecule is Clc1nc(Cl)c2nc(-c3ccccc3)cc(Cl)c2n1. The molecule has 0 aliphatic rings. The van der Waals surface area contributed by atoms with E-state index in [4.69, 9.17) is 34.8 Å². The fourth-order valence-electron chi connectivity index (χ4n) is 1.77. The maximum atomic E-state index is 6.21. The van der Waals surface area contributed by atoms with Gasteiger partial charge in [-0.1, -0.05) is 53.5 Å². The zero-order valence-corrected chi connectivity index (χ0v) is 11.7. The second-order valence-electron chi connectivity index (χ2n) is 3.84. The maximum absolute atomic E-state index is 6.21. The largest absolute Gasteiger partial charge is 0.243 e. The maximum Gasteiger partial charge on any atom is 0.224 e. The summed E-state index contributed by atoms with van der Waals surface area (Å²) >= 11 is 18.0. The summed E-state index contributed by atoms with van der Waals surface area (Å²) in [5, 5.41) is 0.679. The minimum atomic E-state index is 0.0497. The van der Waals surface area contributed by atoms with E-state index in [1.54, 1.807) is 6.07 Å². The summed E-state index contributed by atoms with van der Waals surface area (Å²) < 4.78 is 0. The van der Waals surface area contributed by atoms with E-state index in [0.29, 0.717) is 21.7 Å². The van der Waals surface area contributed by atoms with Gasteiger partial charge in [0.05, 0.1) is 10.7 Å². The van der Waals surface area contributed by atoms with E-state index in [0.717, 1.165) is 5.56 Å². The monoisotopic (exact) mass is 309 g/mol. The minimum Gasteiger partial charge on any atom is -0.243 e. The lowest BCUT2D eigenvalue weighted by atomic mass is 10.1. The van der Waals surface area contributed by atoms with E-state index < -0.39 is 0 Å². The molecule has 0 saturated heterocycles. The summed E-state index contributed by atoms with van der Waals surface area (Å²) in [6.45, 7) is 0. The number of fused-ring (bicyclic) bond motifs is 1. The molecule has 19 heavy (non-hydrogen) atoms. The Morgan fingerprint density at radius 1 is 0.789 bits per heavy atom. The van der Waals surface area contributed by atoms with Crippen molar-refractivity contribution in [3.8, 4) is 11.3 Å². The third-order valence-electron chi connectivity index (χ3n) is 2.61. The molecule has 0 N–H and O–H groups in total. The molecule has 0 saturated carbocycles. The molecule has 3 aromatic rings. The van der Waals surface area contributed by atoms with Crippen LogP contribution in [0.25, 0.3) is 22.3 Å². The van der Waals surface area contributed by atoms with Crippen molar-refractivity contribution in [2.45, 2.75) is 0 Å². The Labute approximate surface area is 124 Å². The second-order valence-corrected chi connectivity index (χ2v) is 4.94. The lowest BCUT2D eigenvalue weighted by Gasteiger charge is -2.06. The lowest BCUT2D eigenvalue weighted by molar-refractivity contribution is 1.20. The molecule has 0 unspecified atom stereocenters. The smallest absolute Gasteiger partial charge is 0.224 e. The molecule has 1 aromatic carbocycles. The fraction of sp³-hybridized carbons (Fsp3) is 0. The van der Waals surface area contributed by atoms with Gasteiger partial charge in [-0.3, -0.25) is 0 Å². The summed E-state index contributed by atoms with van der Waals surface area (Å²) in [4.78, 5) is 12.4. The number of halogens is 3. The normalized spacial score (nSPS) is 10.9. The van der Waals surface area contributed by atoms with E-state index in [-0.39, 0.29) is 10.4 Å². The zero-order chi connectivity index (χ0) is 13.4. The quantitative estimate of drug-likeness (QED) is 0.485. The van der Waals surface area contributed by atoms with Crippen LogP contribution in [0.5, 0.6) is 0 Å². The Kier molecular flexibility index (Phi) is 3.27. The van der Waals surface area contributed by atoms with Crippen LogP contribution in [0.3, 0.4) is 0 Å². The molecule has 0 aliphatic heterocycles. The van der Waals surface area contributed by atoms with Crippen molar-refractivity contribution in [1.82, 2.24) is 15.0 Å². The van der Waals surface area contributed by atoms with Gasteiger partial charge in [-0.05, 0) is 17.7 Å². The van der Waals surface area contributed by atoms with Crippen LogP contribution in [0.4, 0.5) is 0 Å². The van der Waals surface area contributed by atoms with Crippen LogP contribution in [-0.4, -0.2) is 15.0 Å². The van der Waals surface area contributed by atoms with Gasteiger partial charge >= 0.3 is 0 Å². The van der Waals surface area contributed by atoms with Gasteiger partial charge in [0.15, 0.2) is 5.15 Å². The topological polar surface area (TPSA) is 38.7 Å². The molecule has 0 atom stereocenters. The first-order chi connectivity index (χ1) is 9.15. The van der Waals surface area contributed by atoms with Crippen molar-refractivity contribution in [3.05, 3.63) is 51.9 Å². The summed E-state index contributed by atoms with van der Waals surface area (Å²) in [6, 6.07) is 11.4. The summed E-state index contributed by atoms with van der Waals surface area (Å²) in [7, 11) is 0. The first-order valence-corrected chi connectivity index (χ1v) is 6.53. The highest BCUT2D eigenvalue weighted by Crippen LogP contribution is 2.30. The van der Waals surface area contributed by atoms with Gasteiger partial charge in [-0.25, -0.2) is 15.0 Å². The first kappa shape index (κ1) is 12.6. The number of pyridine rings is 1. The number of nitrogens with zero attached hydrogens (tertiary/aromatic N) is 3. The Bertz CT molecular complexity index is 760. The molecule has 0 amide bonds. The van der Waals surface area contributed by atoms with Crippen molar-refractivity contribution < 1.29 is 0 Å². The standard InChI is InChI=1S/C13H6Cl3N3/c14-8-6-9(7-4-2-1-3-5-7)17-11-10(8)18-13(16)19-12(11)15/h1-6H. The second kappa shape index (κ2) is 4.93. The molecule has 2 heterocycles. The lowest BCUT2D eigenvalue weighted by Crippen LogP contribution is -1.93. The molecular formula is C13H6Cl3N3. The van der Waals surface area contributed by atoms with Crippen LogP contribution in [0.1, 0.15) is 0 Å². The molecule has 94 valence electrons. The van der Waals surface area contributed by atoms with Gasteiger partial charge in [-0.2, -0.15) is 0 Å². The first-order valence-electron chi connectivity index (χ1n) is 5.40. The Balaban J connectivity index is 2.31. The number of aromatic nitrogens is 3. The number of benzene rings is 1. The molecule has 0 aliphatic carbocycles. The zero-order valence-electron chi connectivity index (χ0n) is 9.44. The highest BCUT2D eigenvalue weighted by Gasteiger charge is 2.12. The summed E-state index contributed by atoms with van der Waals surface area (Å²) in [5.41, 5.74) is 2.55. The van der Waals surface area contributed by atoms with Crippen molar-refractivity contribution in [2.24, 2.45) is 0 Å². The van der Waals surface area contributed by atoms with Crippen molar-refractivity contribution in [2.75, 3.05) is 0 Å². The van der Waals surface area contributed by atoms with Gasteiger partial charge in [0.1, 0.15) is 11.0 Å². The molecule has 0 spiro atoms. The van der Waals surface area contributed by atoms with Gasteiger partial charge in [0, 0.05) is 5.56 Å². The molecule has 0 fully saturated rings. The third kappa shape index (κ3) is 2.37. The van der Waals surface area contributed by atoms with E-state index in [1.165, 1.54) is 0 Å². The Morgan fingerprint density at radius 3 is 2.26 bits per heavy atom. The van der Waals surface area contributed by atoms with Crippen molar-refractivity contribution >= 4 is 45.8 Å². The third-order valence-corrected chi connectivity index (χ3v) is 3.33. The van der Waals surface area contributed by atoms with Gasteiger partial charge in [-0.15, -0.1) is 0 Å². The van der Waals surface area contributed by atoms with Crippen LogP contribution in [0, 0.1) is 0 Å².